The summed E-state index contributed by atoms with van der Waals surface area (Å²) < 4.78 is 2.14. The molecule has 0 amide bonds. The molecular weight excluding hydrogens is 349 g/mol. The molecule has 0 bridgehead atoms. The number of halogens is 2. The Labute approximate surface area is 98.5 Å². The van der Waals surface area contributed by atoms with Crippen molar-refractivity contribution in [1.82, 2.24) is 0 Å². The highest BCUT2D eigenvalue weighted by molar-refractivity contribution is 14.1. The van der Waals surface area contributed by atoms with Gasteiger partial charge >= 0.3 is 0 Å². The molecule has 1 rings (SSSR count). The molecule has 0 saturated carbocycles. The molecule has 1 aromatic rings. The summed E-state index contributed by atoms with van der Waals surface area (Å²) in [5.74, 6) is 0. The molecule has 62 valence electrons. The van der Waals surface area contributed by atoms with E-state index in [-0.39, 0.29) is 0 Å². The average molecular weight is 354 g/mol. The summed E-state index contributed by atoms with van der Waals surface area (Å²) in [4.78, 5) is 3.94. The van der Waals surface area contributed by atoms with Gasteiger partial charge in [0.05, 0.1) is 10.8 Å². The minimum Gasteiger partial charge on any atom is -0.194 e. The fraction of sp³-hybridized carbons (Fsp3) is 0.125. The van der Waals surface area contributed by atoms with Crippen LogP contribution in [0.5, 0.6) is 0 Å². The van der Waals surface area contributed by atoms with Gasteiger partial charge in [-0.2, -0.15) is 4.99 Å². The first-order chi connectivity index (χ1) is 5.65. The van der Waals surface area contributed by atoms with Crippen molar-refractivity contribution >= 4 is 61.6 Å². The van der Waals surface area contributed by atoms with E-state index in [0.717, 1.165) is 13.7 Å². The van der Waals surface area contributed by atoms with Gasteiger partial charge in [-0.1, -0.05) is 15.9 Å². The Hall–Kier alpha value is 0.230. The zero-order valence-corrected chi connectivity index (χ0v) is 10.8. The van der Waals surface area contributed by atoms with Crippen LogP contribution in [0.15, 0.2) is 21.6 Å². The molecular formula is C8H5BrINS. The first kappa shape index (κ1) is 10.3. The van der Waals surface area contributed by atoms with Crippen LogP contribution in [-0.4, -0.2) is 5.16 Å². The number of aliphatic imine (C=N–C) groups is 1. The highest BCUT2D eigenvalue weighted by atomic mass is 127. The lowest BCUT2D eigenvalue weighted by atomic mass is 10.2. The molecule has 0 spiro atoms. The molecule has 1 aromatic carbocycles. The summed E-state index contributed by atoms with van der Waals surface area (Å²) in [6.45, 7) is 2.04. The van der Waals surface area contributed by atoms with Gasteiger partial charge in [-0.15, -0.1) is 0 Å². The first-order valence-electron chi connectivity index (χ1n) is 3.18. The molecule has 0 N–H and O–H groups in total. The second kappa shape index (κ2) is 4.46. The summed E-state index contributed by atoms with van der Waals surface area (Å²) >= 11 is 10.2. The molecule has 0 aromatic heterocycles. The number of isothiocyanates is 1. The van der Waals surface area contributed by atoms with Gasteiger partial charge in [-0.05, 0) is 59.4 Å². The molecule has 0 unspecified atom stereocenters. The summed E-state index contributed by atoms with van der Waals surface area (Å²) in [6.07, 6.45) is 0. The third-order valence-electron chi connectivity index (χ3n) is 1.39. The minimum atomic E-state index is 0.864. The van der Waals surface area contributed by atoms with Crippen LogP contribution < -0.4 is 0 Å². The Morgan fingerprint density at radius 2 is 2.25 bits per heavy atom. The molecule has 0 heterocycles. The van der Waals surface area contributed by atoms with E-state index < -0.39 is 0 Å². The Bertz CT molecular complexity index is 358. The van der Waals surface area contributed by atoms with E-state index in [9.17, 15) is 0 Å². The zero-order chi connectivity index (χ0) is 9.14. The van der Waals surface area contributed by atoms with Crippen LogP contribution in [0.3, 0.4) is 0 Å². The van der Waals surface area contributed by atoms with Crippen LogP contribution in [-0.2, 0) is 0 Å². The van der Waals surface area contributed by atoms with Gasteiger partial charge in [0, 0.05) is 8.04 Å². The van der Waals surface area contributed by atoms with E-state index in [1.54, 1.807) is 0 Å². The van der Waals surface area contributed by atoms with E-state index in [2.05, 4.69) is 67.0 Å². The second-order valence-electron chi connectivity index (χ2n) is 2.26. The van der Waals surface area contributed by atoms with Crippen molar-refractivity contribution in [3.8, 4) is 0 Å². The standard InChI is InChI=1S/C8H5BrINS/c1-5-2-7(10)8(11-4-12)3-6(5)9/h2-3H,1H3. The monoisotopic (exact) mass is 353 g/mol. The molecule has 0 saturated heterocycles. The van der Waals surface area contributed by atoms with Gasteiger partial charge in [0.1, 0.15) is 0 Å². The Kier molecular flexibility index (Phi) is 3.83. The van der Waals surface area contributed by atoms with Crippen LogP contribution in [0.1, 0.15) is 5.56 Å². The number of thiocarbonyl (C=S) groups is 1. The number of aryl methyl sites for hydroxylation is 1. The smallest absolute Gasteiger partial charge is 0.0884 e. The van der Waals surface area contributed by atoms with Crippen molar-refractivity contribution in [3.05, 3.63) is 25.7 Å². The van der Waals surface area contributed by atoms with Gasteiger partial charge in [-0.3, -0.25) is 0 Å². The van der Waals surface area contributed by atoms with E-state index >= 15 is 0 Å². The molecule has 0 aliphatic rings. The van der Waals surface area contributed by atoms with E-state index in [1.807, 2.05) is 13.0 Å². The number of benzene rings is 1. The quantitative estimate of drug-likeness (QED) is 0.420. The molecule has 1 nitrogen and oxygen atoms in total. The third-order valence-corrected chi connectivity index (χ3v) is 3.20. The first-order valence-corrected chi connectivity index (χ1v) is 5.46. The predicted octanol–water partition coefficient (Wildman–Crippen LogP) is 4.10. The van der Waals surface area contributed by atoms with Crippen LogP contribution in [0.2, 0.25) is 0 Å². The van der Waals surface area contributed by atoms with Gasteiger partial charge < -0.3 is 0 Å². The maximum absolute atomic E-state index is 4.53. The SMILES string of the molecule is Cc1cc(I)c(N=C=S)cc1Br. The van der Waals surface area contributed by atoms with Crippen molar-refractivity contribution in [2.75, 3.05) is 0 Å². The molecule has 0 fully saturated rings. The number of hydrogen-bond donors (Lipinski definition) is 0. The van der Waals surface area contributed by atoms with Crippen molar-refractivity contribution in [2.24, 2.45) is 4.99 Å². The highest BCUT2D eigenvalue weighted by Crippen LogP contribution is 2.28. The molecule has 4 heteroatoms. The fourth-order valence-corrected chi connectivity index (χ4v) is 1.94. The molecule has 0 atom stereocenters. The van der Waals surface area contributed by atoms with Crippen LogP contribution in [0, 0.1) is 10.5 Å². The van der Waals surface area contributed by atoms with Crippen molar-refractivity contribution in [3.63, 3.8) is 0 Å². The van der Waals surface area contributed by atoms with Gasteiger partial charge in [0.15, 0.2) is 0 Å². The zero-order valence-electron chi connectivity index (χ0n) is 6.27. The van der Waals surface area contributed by atoms with Crippen LogP contribution >= 0.6 is 50.7 Å². The Morgan fingerprint density at radius 3 is 2.83 bits per heavy atom. The normalized spacial score (nSPS) is 9.25. The maximum Gasteiger partial charge on any atom is 0.0884 e. The third kappa shape index (κ3) is 2.36. The summed E-state index contributed by atoms with van der Waals surface area (Å²) in [5, 5.41) is 2.35. The lowest BCUT2D eigenvalue weighted by Gasteiger charge is -2.01. The predicted molar refractivity (Wildman–Crippen MR) is 66.3 cm³/mol. The van der Waals surface area contributed by atoms with E-state index in [1.165, 1.54) is 5.56 Å². The largest absolute Gasteiger partial charge is 0.194 e. The fourth-order valence-electron chi connectivity index (χ4n) is 0.771. The van der Waals surface area contributed by atoms with E-state index in [0.29, 0.717) is 0 Å². The van der Waals surface area contributed by atoms with Crippen LogP contribution in [0.4, 0.5) is 5.69 Å². The Balaban J connectivity index is 3.32. The van der Waals surface area contributed by atoms with E-state index in [4.69, 9.17) is 0 Å². The highest BCUT2D eigenvalue weighted by Gasteiger charge is 2.01. The van der Waals surface area contributed by atoms with Gasteiger partial charge in [-0.25, -0.2) is 0 Å². The van der Waals surface area contributed by atoms with Crippen molar-refractivity contribution in [1.29, 1.82) is 0 Å². The van der Waals surface area contributed by atoms with Crippen LogP contribution in [0.25, 0.3) is 0 Å². The summed E-state index contributed by atoms with van der Waals surface area (Å²) in [6, 6.07) is 3.99. The van der Waals surface area contributed by atoms with Crippen molar-refractivity contribution in [2.45, 2.75) is 6.92 Å². The lowest BCUT2D eigenvalue weighted by Crippen LogP contribution is -1.79. The maximum atomic E-state index is 4.53. The number of rotatable bonds is 1. The van der Waals surface area contributed by atoms with Crippen molar-refractivity contribution < 1.29 is 0 Å². The molecule has 12 heavy (non-hydrogen) atoms. The van der Waals surface area contributed by atoms with Gasteiger partial charge in [0.2, 0.25) is 0 Å². The minimum absolute atomic E-state index is 0.864. The molecule has 0 radical (unpaired) electrons. The lowest BCUT2D eigenvalue weighted by molar-refractivity contribution is 1.38. The second-order valence-corrected chi connectivity index (χ2v) is 4.45. The topological polar surface area (TPSA) is 12.4 Å². The molecule has 0 aliphatic heterocycles. The summed E-state index contributed by atoms with van der Waals surface area (Å²) in [5.41, 5.74) is 2.06. The molecule has 0 aliphatic carbocycles. The average Bonchev–Trinajstić information content (AvgIpc) is 2.01. The number of nitrogens with zero attached hydrogens (tertiary/aromatic N) is 1. The summed E-state index contributed by atoms with van der Waals surface area (Å²) in [7, 11) is 0. The van der Waals surface area contributed by atoms with Gasteiger partial charge in [0.25, 0.3) is 0 Å². The Morgan fingerprint density at radius 1 is 1.58 bits per heavy atom. The number of hydrogen-bond acceptors (Lipinski definition) is 2.